The lowest BCUT2D eigenvalue weighted by atomic mass is 10.0. The maximum atomic E-state index is 12.5. The third-order valence-corrected chi connectivity index (χ3v) is 2.95. The summed E-state index contributed by atoms with van der Waals surface area (Å²) in [6.45, 7) is 0. The van der Waals surface area contributed by atoms with E-state index >= 15 is 0 Å². The van der Waals surface area contributed by atoms with Crippen molar-refractivity contribution in [2.75, 3.05) is 0 Å². The molecule has 0 saturated heterocycles. The average molecular weight is 282 g/mol. The first-order chi connectivity index (χ1) is 8.91. The normalized spacial score (nSPS) is 11.1. The van der Waals surface area contributed by atoms with Crippen LogP contribution in [0.25, 0.3) is 11.1 Å². The van der Waals surface area contributed by atoms with Crippen LogP contribution in [0, 0.1) is 11.3 Å². The monoisotopic (exact) mass is 281 g/mol. The van der Waals surface area contributed by atoms with Gasteiger partial charge in [0.05, 0.1) is 17.2 Å². The molecule has 0 atom stereocenters. The highest BCUT2D eigenvalue weighted by molar-refractivity contribution is 6.33. The predicted molar refractivity (Wildman–Crippen MR) is 66.6 cm³/mol. The van der Waals surface area contributed by atoms with Gasteiger partial charge in [-0.1, -0.05) is 23.7 Å². The fraction of sp³-hybridized carbons (Fsp3) is 0.0714. The number of hydrogen-bond acceptors (Lipinski definition) is 1. The molecular formula is C14H7ClF3N. The van der Waals surface area contributed by atoms with Crippen molar-refractivity contribution < 1.29 is 13.2 Å². The number of rotatable bonds is 1. The van der Waals surface area contributed by atoms with E-state index < -0.39 is 11.7 Å². The smallest absolute Gasteiger partial charge is 0.192 e. The maximum absolute atomic E-state index is 12.5. The molecule has 0 aliphatic carbocycles. The van der Waals surface area contributed by atoms with Crippen LogP contribution in [0.3, 0.4) is 0 Å². The summed E-state index contributed by atoms with van der Waals surface area (Å²) in [4.78, 5) is 0. The summed E-state index contributed by atoms with van der Waals surface area (Å²) in [6.07, 6.45) is -4.36. The van der Waals surface area contributed by atoms with Crippen molar-refractivity contribution in [2.24, 2.45) is 0 Å². The molecule has 2 aromatic rings. The molecule has 0 N–H and O–H groups in total. The molecule has 5 heteroatoms. The largest absolute Gasteiger partial charge is 0.416 e. The van der Waals surface area contributed by atoms with E-state index in [1.54, 1.807) is 18.2 Å². The Morgan fingerprint density at radius 2 is 1.63 bits per heavy atom. The van der Waals surface area contributed by atoms with E-state index in [0.717, 1.165) is 12.1 Å². The van der Waals surface area contributed by atoms with E-state index in [1.165, 1.54) is 12.1 Å². The van der Waals surface area contributed by atoms with Crippen LogP contribution in [-0.4, -0.2) is 0 Å². The summed E-state index contributed by atoms with van der Waals surface area (Å²) in [6, 6.07) is 11.3. The zero-order valence-electron chi connectivity index (χ0n) is 9.50. The van der Waals surface area contributed by atoms with Gasteiger partial charge in [0.2, 0.25) is 0 Å². The van der Waals surface area contributed by atoms with Crippen LogP contribution in [0.1, 0.15) is 11.1 Å². The molecule has 0 radical (unpaired) electrons. The van der Waals surface area contributed by atoms with Crippen molar-refractivity contribution in [1.82, 2.24) is 0 Å². The molecule has 0 spiro atoms. The topological polar surface area (TPSA) is 23.8 Å². The van der Waals surface area contributed by atoms with Crippen molar-refractivity contribution in [3.05, 3.63) is 58.6 Å². The minimum Gasteiger partial charge on any atom is -0.192 e. The van der Waals surface area contributed by atoms with Crippen molar-refractivity contribution in [1.29, 1.82) is 5.26 Å². The molecule has 96 valence electrons. The van der Waals surface area contributed by atoms with Crippen molar-refractivity contribution in [3.63, 3.8) is 0 Å². The van der Waals surface area contributed by atoms with Crippen molar-refractivity contribution in [2.45, 2.75) is 6.18 Å². The second-order valence-corrected chi connectivity index (χ2v) is 4.29. The number of benzene rings is 2. The molecule has 2 rings (SSSR count). The zero-order chi connectivity index (χ0) is 14.0. The minimum absolute atomic E-state index is 0.388. The highest BCUT2D eigenvalue weighted by atomic mass is 35.5. The number of alkyl halides is 3. The van der Waals surface area contributed by atoms with E-state index in [-0.39, 0.29) is 0 Å². The summed E-state index contributed by atoms with van der Waals surface area (Å²) >= 11 is 5.99. The first kappa shape index (κ1) is 13.4. The Labute approximate surface area is 112 Å². The molecule has 0 bridgehead atoms. The number of nitrogens with zero attached hydrogens (tertiary/aromatic N) is 1. The summed E-state index contributed by atoms with van der Waals surface area (Å²) in [5.74, 6) is 0. The lowest BCUT2D eigenvalue weighted by Gasteiger charge is -2.09. The maximum Gasteiger partial charge on any atom is 0.416 e. The summed E-state index contributed by atoms with van der Waals surface area (Å²) in [5.41, 5.74) is 0.757. The third kappa shape index (κ3) is 2.88. The standard InChI is InChI=1S/C14H7ClF3N/c15-13-6-1-9(8-19)7-12(13)10-2-4-11(5-3-10)14(16,17)18/h1-7H. The van der Waals surface area contributed by atoms with Crippen molar-refractivity contribution >= 4 is 11.6 Å². The van der Waals surface area contributed by atoms with Gasteiger partial charge in [0.1, 0.15) is 0 Å². The minimum atomic E-state index is -4.36. The van der Waals surface area contributed by atoms with Gasteiger partial charge in [0, 0.05) is 10.6 Å². The Hall–Kier alpha value is -1.99. The van der Waals surface area contributed by atoms with Gasteiger partial charge in [-0.2, -0.15) is 18.4 Å². The Balaban J connectivity index is 2.46. The molecule has 0 saturated carbocycles. The summed E-state index contributed by atoms with van der Waals surface area (Å²) in [7, 11) is 0. The molecule has 0 aromatic heterocycles. The van der Waals surface area contributed by atoms with Gasteiger partial charge in [0.25, 0.3) is 0 Å². The third-order valence-electron chi connectivity index (χ3n) is 2.62. The van der Waals surface area contributed by atoms with Gasteiger partial charge >= 0.3 is 6.18 Å². The van der Waals surface area contributed by atoms with Crippen LogP contribution in [0.5, 0.6) is 0 Å². The Morgan fingerprint density at radius 1 is 1.00 bits per heavy atom. The Kier molecular flexibility index (Phi) is 3.50. The highest BCUT2D eigenvalue weighted by Crippen LogP contribution is 2.33. The summed E-state index contributed by atoms with van der Waals surface area (Å²) < 4.78 is 37.4. The fourth-order valence-electron chi connectivity index (χ4n) is 1.65. The number of halogens is 4. The lowest BCUT2D eigenvalue weighted by Crippen LogP contribution is -2.04. The van der Waals surface area contributed by atoms with E-state index in [0.29, 0.717) is 21.7 Å². The van der Waals surface area contributed by atoms with Crippen LogP contribution in [0.2, 0.25) is 5.02 Å². The SMILES string of the molecule is N#Cc1ccc(Cl)c(-c2ccc(C(F)(F)F)cc2)c1. The molecule has 19 heavy (non-hydrogen) atoms. The van der Waals surface area contributed by atoms with Gasteiger partial charge in [-0.3, -0.25) is 0 Å². The fourth-order valence-corrected chi connectivity index (χ4v) is 1.88. The molecular weight excluding hydrogens is 275 g/mol. The second-order valence-electron chi connectivity index (χ2n) is 3.88. The van der Waals surface area contributed by atoms with Gasteiger partial charge in [-0.15, -0.1) is 0 Å². The van der Waals surface area contributed by atoms with Gasteiger partial charge in [-0.05, 0) is 35.9 Å². The van der Waals surface area contributed by atoms with Crippen molar-refractivity contribution in [3.8, 4) is 17.2 Å². The lowest BCUT2D eigenvalue weighted by molar-refractivity contribution is -0.137. The van der Waals surface area contributed by atoms with Crippen LogP contribution >= 0.6 is 11.6 Å². The van der Waals surface area contributed by atoms with E-state index in [4.69, 9.17) is 16.9 Å². The number of nitriles is 1. The Morgan fingerprint density at radius 3 is 2.16 bits per heavy atom. The highest BCUT2D eigenvalue weighted by Gasteiger charge is 2.30. The van der Waals surface area contributed by atoms with E-state index in [1.807, 2.05) is 6.07 Å². The second kappa shape index (κ2) is 4.94. The molecule has 0 aliphatic rings. The van der Waals surface area contributed by atoms with Gasteiger partial charge in [-0.25, -0.2) is 0 Å². The van der Waals surface area contributed by atoms with Crippen LogP contribution in [-0.2, 0) is 6.18 Å². The Bertz CT molecular complexity index is 639. The molecule has 1 nitrogen and oxygen atoms in total. The van der Waals surface area contributed by atoms with Gasteiger partial charge < -0.3 is 0 Å². The van der Waals surface area contributed by atoms with Crippen LogP contribution in [0.4, 0.5) is 13.2 Å². The predicted octanol–water partition coefficient (Wildman–Crippen LogP) is 4.90. The zero-order valence-corrected chi connectivity index (χ0v) is 10.3. The van der Waals surface area contributed by atoms with Gasteiger partial charge in [0.15, 0.2) is 0 Å². The van der Waals surface area contributed by atoms with E-state index in [9.17, 15) is 13.2 Å². The summed E-state index contributed by atoms with van der Waals surface area (Å²) in [5, 5.41) is 9.20. The molecule has 0 aliphatic heterocycles. The first-order valence-corrected chi connectivity index (χ1v) is 5.67. The van der Waals surface area contributed by atoms with Crippen LogP contribution in [0.15, 0.2) is 42.5 Å². The quantitative estimate of drug-likeness (QED) is 0.729. The molecule has 0 amide bonds. The molecule has 0 unspecified atom stereocenters. The van der Waals surface area contributed by atoms with Crippen LogP contribution < -0.4 is 0 Å². The molecule has 0 fully saturated rings. The average Bonchev–Trinajstić information content (AvgIpc) is 2.38. The van der Waals surface area contributed by atoms with E-state index in [2.05, 4.69) is 0 Å². The first-order valence-electron chi connectivity index (χ1n) is 5.29. The molecule has 0 heterocycles. The molecule has 2 aromatic carbocycles. The number of hydrogen-bond donors (Lipinski definition) is 0.